The van der Waals surface area contributed by atoms with Crippen molar-refractivity contribution in [3.8, 4) is 0 Å². The molecule has 0 bridgehead atoms. The Morgan fingerprint density at radius 1 is 1.00 bits per heavy atom. The fourth-order valence-electron chi connectivity index (χ4n) is 1.28. The summed E-state index contributed by atoms with van der Waals surface area (Å²) in [6, 6.07) is 0. The van der Waals surface area contributed by atoms with E-state index >= 15 is 0 Å². The Kier molecular flexibility index (Phi) is 9.68. The van der Waals surface area contributed by atoms with Gasteiger partial charge >= 0.3 is 21.6 Å². The quantitative estimate of drug-likeness (QED) is 0.209. The van der Waals surface area contributed by atoms with Crippen LogP contribution in [0.2, 0.25) is 0 Å². The molecule has 0 rings (SSSR count). The highest BCUT2D eigenvalue weighted by molar-refractivity contribution is 7.46. The van der Waals surface area contributed by atoms with Crippen LogP contribution in [-0.2, 0) is 32.4 Å². The minimum absolute atomic E-state index is 0.0426. The predicted octanol–water partition coefficient (Wildman–Crippen LogP) is 0.324. The highest BCUT2D eigenvalue weighted by Crippen LogP contribution is 2.36. The zero-order valence-electron chi connectivity index (χ0n) is 12.8. The Labute approximate surface area is 133 Å². The standard InChI is InChI=1S/C10H22O11P2/c1-3-10(2,8-18-6-7-20-23(15,16)17)21-9(11)4-5-19-22(12,13)14/h3-8H2,1-2H3,(H2,12,13,14)(H2,15,16,17). The summed E-state index contributed by atoms with van der Waals surface area (Å²) in [5.41, 5.74) is -0.999. The van der Waals surface area contributed by atoms with Crippen molar-refractivity contribution in [2.75, 3.05) is 26.4 Å². The number of phosphoric acid groups is 2. The van der Waals surface area contributed by atoms with Crippen LogP contribution in [0.1, 0.15) is 26.7 Å². The fraction of sp³-hybridized carbons (Fsp3) is 0.900. The first-order chi connectivity index (χ1) is 10.4. The van der Waals surface area contributed by atoms with Crippen LogP contribution in [0.5, 0.6) is 0 Å². The average Bonchev–Trinajstić information content (AvgIpc) is 2.35. The number of carbonyl (C=O) groups excluding carboxylic acids is 1. The lowest BCUT2D eigenvalue weighted by atomic mass is 10.1. The third-order valence-electron chi connectivity index (χ3n) is 2.57. The number of hydrogen-bond donors (Lipinski definition) is 4. The van der Waals surface area contributed by atoms with Crippen molar-refractivity contribution in [1.82, 2.24) is 0 Å². The van der Waals surface area contributed by atoms with Crippen molar-refractivity contribution in [1.29, 1.82) is 0 Å². The first kappa shape index (κ1) is 22.6. The Hall–Kier alpha value is -0.350. The van der Waals surface area contributed by atoms with Gasteiger partial charge in [-0.2, -0.15) is 0 Å². The largest absolute Gasteiger partial charge is 0.469 e. The van der Waals surface area contributed by atoms with E-state index in [0.717, 1.165) is 0 Å². The maximum atomic E-state index is 11.6. The van der Waals surface area contributed by atoms with E-state index in [-0.39, 0.29) is 26.2 Å². The van der Waals surface area contributed by atoms with Crippen LogP contribution in [0.25, 0.3) is 0 Å². The number of ether oxygens (including phenoxy) is 2. The minimum atomic E-state index is -4.63. The van der Waals surface area contributed by atoms with E-state index < -0.39 is 33.8 Å². The van der Waals surface area contributed by atoms with Gasteiger partial charge in [-0.05, 0) is 13.3 Å². The predicted molar refractivity (Wildman–Crippen MR) is 76.2 cm³/mol. The van der Waals surface area contributed by atoms with E-state index in [4.69, 9.17) is 29.0 Å². The molecule has 0 aliphatic rings. The molecule has 1 atom stereocenters. The topological polar surface area (TPSA) is 169 Å². The summed E-state index contributed by atoms with van der Waals surface area (Å²) in [6.45, 7) is 2.35. The molecule has 0 aromatic rings. The minimum Gasteiger partial charge on any atom is -0.457 e. The second kappa shape index (κ2) is 9.83. The van der Waals surface area contributed by atoms with Crippen LogP contribution in [0.4, 0.5) is 0 Å². The maximum absolute atomic E-state index is 11.6. The van der Waals surface area contributed by atoms with Gasteiger partial charge in [0.2, 0.25) is 0 Å². The molecule has 13 heteroatoms. The highest BCUT2D eigenvalue weighted by Gasteiger charge is 2.27. The van der Waals surface area contributed by atoms with Crippen LogP contribution in [0.15, 0.2) is 0 Å². The van der Waals surface area contributed by atoms with Gasteiger partial charge in [0.15, 0.2) is 0 Å². The molecule has 0 saturated heterocycles. The van der Waals surface area contributed by atoms with Gasteiger partial charge in [0.1, 0.15) is 5.60 Å². The fourth-order valence-corrected chi connectivity index (χ4v) is 1.92. The third kappa shape index (κ3) is 13.8. The Balaban J connectivity index is 4.10. The van der Waals surface area contributed by atoms with Crippen molar-refractivity contribution >= 4 is 21.6 Å². The molecule has 4 N–H and O–H groups in total. The number of rotatable bonds is 12. The Bertz CT molecular complexity index is 456. The lowest BCUT2D eigenvalue weighted by Crippen LogP contribution is -2.36. The molecule has 0 fully saturated rings. The van der Waals surface area contributed by atoms with Crippen LogP contribution >= 0.6 is 15.6 Å². The Morgan fingerprint density at radius 2 is 1.52 bits per heavy atom. The molecule has 0 saturated carbocycles. The maximum Gasteiger partial charge on any atom is 0.469 e. The number of hydrogen-bond acceptors (Lipinski definition) is 7. The molecule has 1 unspecified atom stereocenters. The normalized spacial score (nSPS) is 15.2. The summed E-state index contributed by atoms with van der Waals surface area (Å²) in [6.07, 6.45) is 0.0411. The SMILES string of the molecule is CCC(C)(COCCOP(=O)(O)O)OC(=O)CCOP(=O)(O)O. The Morgan fingerprint density at radius 3 is 2.00 bits per heavy atom. The van der Waals surface area contributed by atoms with Gasteiger partial charge in [-0.1, -0.05) is 6.92 Å². The van der Waals surface area contributed by atoms with Gasteiger partial charge in [0.05, 0.1) is 32.8 Å². The van der Waals surface area contributed by atoms with E-state index in [1.807, 2.05) is 0 Å². The van der Waals surface area contributed by atoms with E-state index in [1.165, 1.54) is 0 Å². The van der Waals surface area contributed by atoms with Gasteiger partial charge in [-0.15, -0.1) is 0 Å². The van der Waals surface area contributed by atoms with E-state index in [1.54, 1.807) is 13.8 Å². The molecule has 0 aromatic heterocycles. The summed E-state index contributed by atoms with van der Waals surface area (Å²) in [5, 5.41) is 0. The summed E-state index contributed by atoms with van der Waals surface area (Å²) < 4.78 is 39.5. The molecular formula is C10H22O11P2. The molecule has 0 aliphatic carbocycles. The highest BCUT2D eigenvalue weighted by atomic mass is 31.2. The molecular weight excluding hydrogens is 358 g/mol. The van der Waals surface area contributed by atoms with Crippen molar-refractivity contribution < 1.29 is 52.0 Å². The average molecular weight is 380 g/mol. The first-order valence-electron chi connectivity index (χ1n) is 6.57. The van der Waals surface area contributed by atoms with Gasteiger partial charge < -0.3 is 29.0 Å². The van der Waals surface area contributed by atoms with Gasteiger partial charge in [0.25, 0.3) is 0 Å². The first-order valence-corrected chi connectivity index (χ1v) is 9.63. The smallest absolute Gasteiger partial charge is 0.457 e. The van der Waals surface area contributed by atoms with E-state index in [0.29, 0.717) is 6.42 Å². The second-order valence-electron chi connectivity index (χ2n) is 4.73. The van der Waals surface area contributed by atoms with Crippen LogP contribution in [-0.4, -0.2) is 57.6 Å². The van der Waals surface area contributed by atoms with Crippen LogP contribution < -0.4 is 0 Å². The lowest BCUT2D eigenvalue weighted by Gasteiger charge is -2.28. The third-order valence-corrected chi connectivity index (χ3v) is 3.61. The number of phosphoric ester groups is 2. The molecule has 138 valence electrons. The number of carbonyl (C=O) groups is 1. The van der Waals surface area contributed by atoms with E-state index in [9.17, 15) is 13.9 Å². The molecule has 0 aliphatic heterocycles. The van der Waals surface area contributed by atoms with Crippen molar-refractivity contribution in [2.24, 2.45) is 0 Å². The van der Waals surface area contributed by atoms with Crippen molar-refractivity contribution in [3.05, 3.63) is 0 Å². The van der Waals surface area contributed by atoms with Gasteiger partial charge in [0, 0.05) is 0 Å². The van der Waals surface area contributed by atoms with Crippen LogP contribution in [0, 0.1) is 0 Å². The molecule has 11 nitrogen and oxygen atoms in total. The van der Waals surface area contributed by atoms with E-state index in [2.05, 4.69) is 9.05 Å². The van der Waals surface area contributed by atoms with Crippen molar-refractivity contribution in [2.45, 2.75) is 32.3 Å². The molecule has 0 amide bonds. The lowest BCUT2D eigenvalue weighted by molar-refractivity contribution is -0.165. The van der Waals surface area contributed by atoms with Crippen molar-refractivity contribution in [3.63, 3.8) is 0 Å². The molecule has 0 heterocycles. The monoisotopic (exact) mass is 380 g/mol. The molecule has 0 radical (unpaired) electrons. The van der Waals surface area contributed by atoms with Gasteiger partial charge in [-0.25, -0.2) is 9.13 Å². The summed E-state index contributed by atoms with van der Waals surface area (Å²) in [4.78, 5) is 45.5. The number of esters is 1. The zero-order chi connectivity index (χ0) is 18.1. The van der Waals surface area contributed by atoms with Crippen LogP contribution in [0.3, 0.4) is 0 Å². The summed E-state index contributed by atoms with van der Waals surface area (Å²) >= 11 is 0. The molecule has 0 aromatic carbocycles. The molecule has 23 heavy (non-hydrogen) atoms. The summed E-state index contributed by atoms with van der Waals surface area (Å²) in [5.74, 6) is -0.724. The second-order valence-corrected chi connectivity index (χ2v) is 7.21. The summed E-state index contributed by atoms with van der Waals surface area (Å²) in [7, 11) is -9.17. The zero-order valence-corrected chi connectivity index (χ0v) is 14.6. The molecule has 0 spiro atoms. The van der Waals surface area contributed by atoms with Gasteiger partial charge in [-0.3, -0.25) is 13.8 Å².